The van der Waals surface area contributed by atoms with Crippen LogP contribution in [0.4, 0.5) is 14.5 Å². The highest BCUT2D eigenvalue weighted by Gasteiger charge is 2.82. The lowest BCUT2D eigenvalue weighted by molar-refractivity contribution is -0.0519. The van der Waals surface area contributed by atoms with Crippen LogP contribution in [0.15, 0.2) is 18.5 Å². The number of hydrogen-bond acceptors (Lipinski definition) is 3. The molecule has 0 radical (unpaired) electrons. The van der Waals surface area contributed by atoms with Gasteiger partial charge in [0.15, 0.2) is 5.60 Å². The van der Waals surface area contributed by atoms with Gasteiger partial charge in [0.05, 0.1) is 12.5 Å². The molecule has 1 aliphatic carbocycles. The molecule has 0 amide bonds. The summed E-state index contributed by atoms with van der Waals surface area (Å²) in [5.74, 6) is -3.30. The Kier molecular flexibility index (Phi) is 2.55. The number of nitrogens with one attached hydrogen (secondary N) is 1. The lowest BCUT2D eigenvalue weighted by Crippen LogP contribution is -2.34. The second kappa shape index (κ2) is 3.88. The predicted octanol–water partition coefficient (Wildman–Crippen LogP) is 2.62. The van der Waals surface area contributed by atoms with Gasteiger partial charge in [-0.15, -0.1) is 0 Å². The third kappa shape index (κ3) is 1.53. The van der Waals surface area contributed by atoms with Crippen LogP contribution in [0.2, 0.25) is 0 Å². The van der Waals surface area contributed by atoms with Gasteiger partial charge in [0, 0.05) is 24.7 Å². The van der Waals surface area contributed by atoms with Crippen molar-refractivity contribution in [3.8, 4) is 0 Å². The van der Waals surface area contributed by atoms with E-state index in [0.29, 0.717) is 13.0 Å². The highest BCUT2D eigenvalue weighted by atomic mass is 19.3. The summed E-state index contributed by atoms with van der Waals surface area (Å²) in [6.07, 6.45) is 4.65. The fourth-order valence-electron chi connectivity index (χ4n) is 2.85. The third-order valence-corrected chi connectivity index (χ3v) is 4.04. The average molecular weight is 254 g/mol. The molecular weight excluding hydrogens is 238 g/mol. The minimum Gasteiger partial charge on any atom is -0.382 e. The average Bonchev–Trinajstić information content (AvgIpc) is 2.86. The summed E-state index contributed by atoms with van der Waals surface area (Å²) >= 11 is 0. The predicted molar refractivity (Wildman–Crippen MR) is 63.8 cm³/mol. The van der Waals surface area contributed by atoms with E-state index in [0.717, 1.165) is 17.7 Å². The molecule has 1 saturated heterocycles. The SMILES string of the molecule is Cc1cnccc1NC[C@]12OCCC[C@H]1C2(F)F. The highest BCUT2D eigenvalue weighted by Crippen LogP contribution is 2.64. The van der Waals surface area contributed by atoms with Crippen LogP contribution in [0, 0.1) is 12.8 Å². The number of ether oxygens (including phenoxy) is 1. The molecule has 1 aromatic rings. The van der Waals surface area contributed by atoms with Crippen molar-refractivity contribution in [1.29, 1.82) is 0 Å². The fraction of sp³-hybridized carbons (Fsp3) is 0.615. The van der Waals surface area contributed by atoms with E-state index < -0.39 is 17.4 Å². The Hall–Kier alpha value is -1.23. The summed E-state index contributed by atoms with van der Waals surface area (Å²) in [4.78, 5) is 3.98. The second-order valence-corrected chi connectivity index (χ2v) is 5.10. The first-order chi connectivity index (χ1) is 8.58. The largest absolute Gasteiger partial charge is 0.382 e. The van der Waals surface area contributed by atoms with Crippen LogP contribution < -0.4 is 5.32 Å². The van der Waals surface area contributed by atoms with Crippen LogP contribution in [0.5, 0.6) is 0 Å². The number of rotatable bonds is 3. The van der Waals surface area contributed by atoms with Gasteiger partial charge in [0.2, 0.25) is 0 Å². The Morgan fingerprint density at radius 3 is 3.11 bits per heavy atom. The van der Waals surface area contributed by atoms with Gasteiger partial charge in [-0.05, 0) is 31.4 Å². The van der Waals surface area contributed by atoms with Crippen LogP contribution >= 0.6 is 0 Å². The van der Waals surface area contributed by atoms with E-state index in [-0.39, 0.29) is 6.54 Å². The number of halogens is 2. The minimum absolute atomic E-state index is 0.162. The van der Waals surface area contributed by atoms with E-state index in [9.17, 15) is 8.78 Å². The number of pyridine rings is 1. The lowest BCUT2D eigenvalue weighted by Gasteiger charge is -2.22. The van der Waals surface area contributed by atoms with Crippen LogP contribution in [-0.4, -0.2) is 29.7 Å². The van der Waals surface area contributed by atoms with Crippen molar-refractivity contribution in [1.82, 2.24) is 4.98 Å². The van der Waals surface area contributed by atoms with Gasteiger partial charge in [-0.1, -0.05) is 0 Å². The zero-order valence-corrected chi connectivity index (χ0v) is 10.2. The van der Waals surface area contributed by atoms with Crippen LogP contribution in [-0.2, 0) is 4.74 Å². The first-order valence-corrected chi connectivity index (χ1v) is 6.24. The summed E-state index contributed by atoms with van der Waals surface area (Å²) in [7, 11) is 0. The van der Waals surface area contributed by atoms with E-state index in [2.05, 4.69) is 10.3 Å². The molecule has 0 bridgehead atoms. The molecule has 3 nitrogen and oxygen atoms in total. The molecule has 1 saturated carbocycles. The Balaban J connectivity index is 1.72. The molecule has 1 aromatic heterocycles. The van der Waals surface area contributed by atoms with Crippen molar-refractivity contribution < 1.29 is 13.5 Å². The monoisotopic (exact) mass is 254 g/mol. The second-order valence-electron chi connectivity index (χ2n) is 5.10. The number of anilines is 1. The maximum Gasteiger partial charge on any atom is 0.284 e. The standard InChI is InChI=1S/C13H16F2N2O/c1-9-7-16-5-4-10(9)17-8-12-11(13(12,14)15)3-2-6-18-12/h4-5,7,11H,2-3,6,8H2,1H3,(H,16,17)/t11-,12+/m1/s1. The topological polar surface area (TPSA) is 34.2 Å². The molecule has 3 rings (SSSR count). The van der Waals surface area contributed by atoms with Gasteiger partial charge in [0.1, 0.15) is 0 Å². The van der Waals surface area contributed by atoms with Gasteiger partial charge in [0.25, 0.3) is 5.92 Å². The van der Waals surface area contributed by atoms with Gasteiger partial charge < -0.3 is 10.1 Å². The number of fused-ring (bicyclic) bond motifs is 1. The van der Waals surface area contributed by atoms with E-state index in [1.807, 2.05) is 6.92 Å². The van der Waals surface area contributed by atoms with Crippen molar-refractivity contribution in [3.63, 3.8) is 0 Å². The molecular formula is C13H16F2N2O. The van der Waals surface area contributed by atoms with Crippen molar-refractivity contribution in [3.05, 3.63) is 24.0 Å². The van der Waals surface area contributed by atoms with Gasteiger partial charge in [-0.25, -0.2) is 8.78 Å². The lowest BCUT2D eigenvalue weighted by atomic mass is 10.1. The number of nitrogens with zero attached hydrogens (tertiary/aromatic N) is 1. The van der Waals surface area contributed by atoms with E-state index >= 15 is 0 Å². The molecule has 2 fully saturated rings. The zero-order chi connectivity index (χ0) is 12.8. The van der Waals surface area contributed by atoms with Crippen LogP contribution in [0.3, 0.4) is 0 Å². The van der Waals surface area contributed by atoms with Gasteiger partial charge >= 0.3 is 0 Å². The number of alkyl halides is 2. The van der Waals surface area contributed by atoms with Gasteiger partial charge in [-0.2, -0.15) is 0 Å². The number of aromatic nitrogens is 1. The Bertz CT molecular complexity index is 466. The molecule has 18 heavy (non-hydrogen) atoms. The summed E-state index contributed by atoms with van der Waals surface area (Å²) in [6, 6.07) is 1.80. The zero-order valence-electron chi connectivity index (χ0n) is 10.2. The summed E-state index contributed by atoms with van der Waals surface area (Å²) < 4.78 is 33.0. The fourth-order valence-corrected chi connectivity index (χ4v) is 2.85. The van der Waals surface area contributed by atoms with Crippen molar-refractivity contribution in [2.75, 3.05) is 18.5 Å². The molecule has 0 aromatic carbocycles. The smallest absolute Gasteiger partial charge is 0.284 e. The number of aryl methyl sites for hydroxylation is 1. The normalized spacial score (nSPS) is 32.7. The molecule has 5 heteroatoms. The van der Waals surface area contributed by atoms with E-state index in [4.69, 9.17) is 4.74 Å². The van der Waals surface area contributed by atoms with Crippen molar-refractivity contribution >= 4 is 5.69 Å². The highest BCUT2D eigenvalue weighted by molar-refractivity contribution is 5.49. The molecule has 2 atom stereocenters. The molecule has 0 unspecified atom stereocenters. The molecule has 1 aliphatic heterocycles. The molecule has 2 aliphatic rings. The van der Waals surface area contributed by atoms with Crippen LogP contribution in [0.1, 0.15) is 18.4 Å². The van der Waals surface area contributed by atoms with E-state index in [1.54, 1.807) is 18.5 Å². The Labute approximate surface area is 105 Å². The summed E-state index contributed by atoms with van der Waals surface area (Å²) in [5.41, 5.74) is 0.515. The first kappa shape index (κ1) is 11.8. The first-order valence-electron chi connectivity index (χ1n) is 6.24. The van der Waals surface area contributed by atoms with Crippen molar-refractivity contribution in [2.45, 2.75) is 31.3 Å². The molecule has 98 valence electrons. The van der Waals surface area contributed by atoms with Crippen molar-refractivity contribution in [2.24, 2.45) is 5.92 Å². The number of hydrogen-bond donors (Lipinski definition) is 1. The third-order valence-electron chi connectivity index (χ3n) is 4.04. The Morgan fingerprint density at radius 1 is 1.56 bits per heavy atom. The quantitative estimate of drug-likeness (QED) is 0.900. The molecule has 1 N–H and O–H groups in total. The van der Waals surface area contributed by atoms with Crippen LogP contribution in [0.25, 0.3) is 0 Å². The minimum atomic E-state index is -2.68. The summed E-state index contributed by atoms with van der Waals surface area (Å²) in [6.45, 7) is 2.50. The van der Waals surface area contributed by atoms with E-state index in [1.165, 1.54) is 0 Å². The maximum atomic E-state index is 13.8. The molecule has 2 heterocycles. The molecule has 0 spiro atoms. The van der Waals surface area contributed by atoms with Gasteiger partial charge in [-0.3, -0.25) is 4.98 Å². The Morgan fingerprint density at radius 2 is 2.39 bits per heavy atom. The maximum absolute atomic E-state index is 13.8. The summed E-state index contributed by atoms with van der Waals surface area (Å²) in [5, 5.41) is 3.08.